The molecule has 2 aromatic rings. The first-order valence-electron chi connectivity index (χ1n) is 8.83. The van der Waals surface area contributed by atoms with Crippen LogP contribution in [0.4, 0.5) is 0 Å². The van der Waals surface area contributed by atoms with Gasteiger partial charge in [0.2, 0.25) is 11.8 Å². The molecule has 0 aliphatic rings. The van der Waals surface area contributed by atoms with E-state index in [1.165, 1.54) is 11.1 Å². The Morgan fingerprint density at radius 1 is 0.808 bits per heavy atom. The predicted octanol–water partition coefficient (Wildman–Crippen LogP) is 5.06. The first-order valence-corrected chi connectivity index (χ1v) is 8.83. The van der Waals surface area contributed by atoms with Crippen molar-refractivity contribution in [2.45, 2.75) is 27.2 Å². The van der Waals surface area contributed by atoms with Crippen LogP contribution in [0, 0.1) is 10.8 Å². The van der Waals surface area contributed by atoms with Gasteiger partial charge >= 0.3 is 0 Å². The Kier molecular flexibility index (Phi) is 7.15. The van der Waals surface area contributed by atoms with Crippen LogP contribution >= 0.6 is 0 Å². The van der Waals surface area contributed by atoms with Gasteiger partial charge in [0.25, 0.3) is 0 Å². The van der Waals surface area contributed by atoms with E-state index in [-0.39, 0.29) is 11.8 Å². The van der Waals surface area contributed by atoms with Crippen molar-refractivity contribution in [2.24, 2.45) is 0 Å². The summed E-state index contributed by atoms with van der Waals surface area (Å²) in [6.45, 7) is 6.87. The highest BCUT2D eigenvalue weighted by atomic mass is 16.5. The van der Waals surface area contributed by atoms with E-state index in [2.05, 4.69) is 13.0 Å². The van der Waals surface area contributed by atoms with Gasteiger partial charge in [-0.3, -0.25) is 10.8 Å². The van der Waals surface area contributed by atoms with Crippen molar-refractivity contribution in [2.75, 3.05) is 13.2 Å². The van der Waals surface area contributed by atoms with Gasteiger partial charge in [0, 0.05) is 11.1 Å². The molecular formula is C22H26N2O2. The summed E-state index contributed by atoms with van der Waals surface area (Å²) in [5.74, 6) is 0.418. The Labute approximate surface area is 155 Å². The monoisotopic (exact) mass is 350 g/mol. The molecule has 0 fully saturated rings. The lowest BCUT2D eigenvalue weighted by Gasteiger charge is -2.07. The van der Waals surface area contributed by atoms with E-state index in [1.54, 1.807) is 0 Å². The number of allylic oxidation sites excluding steroid dienone is 1. The molecule has 2 rings (SSSR count). The van der Waals surface area contributed by atoms with E-state index in [1.807, 2.05) is 62.4 Å². The lowest BCUT2D eigenvalue weighted by Crippen LogP contribution is -2.04. The van der Waals surface area contributed by atoms with Crippen LogP contribution in [0.1, 0.15) is 43.0 Å². The van der Waals surface area contributed by atoms with E-state index < -0.39 is 0 Å². The highest BCUT2D eigenvalue weighted by molar-refractivity contribution is 5.92. The molecule has 0 saturated carbocycles. The van der Waals surface area contributed by atoms with Crippen LogP contribution in [0.5, 0.6) is 0 Å². The first-order chi connectivity index (χ1) is 12.5. The molecule has 0 aliphatic heterocycles. The van der Waals surface area contributed by atoms with Gasteiger partial charge in [-0.1, -0.05) is 35.9 Å². The largest absolute Gasteiger partial charge is 0.478 e. The van der Waals surface area contributed by atoms with Gasteiger partial charge in [0.15, 0.2) is 0 Å². The van der Waals surface area contributed by atoms with E-state index >= 15 is 0 Å². The van der Waals surface area contributed by atoms with Gasteiger partial charge in [-0.2, -0.15) is 0 Å². The molecule has 0 bridgehead atoms. The summed E-state index contributed by atoms with van der Waals surface area (Å²) >= 11 is 0. The van der Waals surface area contributed by atoms with Crippen molar-refractivity contribution in [3.8, 4) is 0 Å². The molecule has 0 spiro atoms. The Balaban J connectivity index is 2.01. The number of benzene rings is 2. The Morgan fingerprint density at radius 3 is 1.73 bits per heavy atom. The van der Waals surface area contributed by atoms with E-state index in [9.17, 15) is 0 Å². The van der Waals surface area contributed by atoms with Crippen LogP contribution in [0.25, 0.3) is 6.08 Å². The molecule has 136 valence electrons. The SMILES string of the molecule is CCOC(=N)c1ccc(C=C(C)Cc2ccc(C(=N)OCC)cc2)cc1. The zero-order valence-electron chi connectivity index (χ0n) is 15.6. The Bertz CT molecular complexity index is 775. The fraction of sp³-hybridized carbons (Fsp3) is 0.273. The third-order valence-corrected chi connectivity index (χ3v) is 3.86. The van der Waals surface area contributed by atoms with Crippen LogP contribution in [-0.4, -0.2) is 25.0 Å². The van der Waals surface area contributed by atoms with Crippen LogP contribution < -0.4 is 0 Å². The van der Waals surface area contributed by atoms with Crippen LogP contribution in [0.3, 0.4) is 0 Å². The zero-order valence-corrected chi connectivity index (χ0v) is 15.6. The maximum Gasteiger partial charge on any atom is 0.213 e. The standard InChI is InChI=1S/C22H26N2O2/c1-4-25-21(23)19-10-6-17(7-11-19)14-16(3)15-18-8-12-20(13-9-18)22(24)26-5-2/h6-14,23-24H,4-5,15H2,1-3H3. The molecule has 0 unspecified atom stereocenters. The average molecular weight is 350 g/mol. The summed E-state index contributed by atoms with van der Waals surface area (Å²) in [6.07, 6.45) is 2.99. The molecule has 0 heterocycles. The summed E-state index contributed by atoms with van der Waals surface area (Å²) in [5, 5.41) is 15.6. The Hall–Kier alpha value is -2.88. The molecular weight excluding hydrogens is 324 g/mol. The van der Waals surface area contributed by atoms with Gasteiger partial charge < -0.3 is 9.47 Å². The molecule has 2 aromatic carbocycles. The molecule has 0 aliphatic carbocycles. The second kappa shape index (κ2) is 9.56. The van der Waals surface area contributed by atoms with Crippen molar-refractivity contribution in [3.63, 3.8) is 0 Å². The third kappa shape index (κ3) is 5.59. The van der Waals surface area contributed by atoms with Gasteiger partial charge in [0.1, 0.15) is 0 Å². The zero-order chi connectivity index (χ0) is 18.9. The number of rotatable bonds is 7. The maximum absolute atomic E-state index is 7.81. The average Bonchev–Trinajstić information content (AvgIpc) is 2.63. The van der Waals surface area contributed by atoms with Gasteiger partial charge in [-0.05, 0) is 62.6 Å². The van der Waals surface area contributed by atoms with Crippen molar-refractivity contribution in [1.29, 1.82) is 10.8 Å². The fourth-order valence-corrected chi connectivity index (χ4v) is 2.62. The molecule has 0 aromatic heterocycles. The number of hydrogen-bond donors (Lipinski definition) is 2. The molecule has 0 saturated heterocycles. The second-order valence-electron chi connectivity index (χ2n) is 6.01. The van der Waals surface area contributed by atoms with Crippen molar-refractivity contribution in [3.05, 3.63) is 76.4 Å². The molecule has 4 heteroatoms. The summed E-state index contributed by atoms with van der Waals surface area (Å²) in [7, 11) is 0. The normalized spacial score (nSPS) is 11.1. The maximum atomic E-state index is 7.81. The summed E-state index contributed by atoms with van der Waals surface area (Å²) in [4.78, 5) is 0. The van der Waals surface area contributed by atoms with E-state index in [0.29, 0.717) is 13.2 Å². The van der Waals surface area contributed by atoms with E-state index in [0.717, 1.165) is 23.1 Å². The van der Waals surface area contributed by atoms with Crippen molar-refractivity contribution < 1.29 is 9.47 Å². The molecule has 0 radical (unpaired) electrons. The third-order valence-electron chi connectivity index (χ3n) is 3.86. The number of hydrogen-bond acceptors (Lipinski definition) is 4. The first kappa shape index (κ1) is 19.4. The van der Waals surface area contributed by atoms with E-state index in [4.69, 9.17) is 20.3 Å². The van der Waals surface area contributed by atoms with Gasteiger partial charge in [0.05, 0.1) is 13.2 Å². The molecule has 0 atom stereocenters. The molecule has 2 N–H and O–H groups in total. The van der Waals surface area contributed by atoms with Gasteiger partial charge in [-0.15, -0.1) is 0 Å². The van der Waals surface area contributed by atoms with Crippen molar-refractivity contribution >= 4 is 17.9 Å². The van der Waals surface area contributed by atoms with Crippen LogP contribution in [-0.2, 0) is 15.9 Å². The Morgan fingerprint density at radius 2 is 1.27 bits per heavy atom. The molecule has 26 heavy (non-hydrogen) atoms. The quantitative estimate of drug-likeness (QED) is 0.541. The van der Waals surface area contributed by atoms with Crippen LogP contribution in [0.15, 0.2) is 54.1 Å². The minimum absolute atomic E-state index is 0.206. The molecule has 4 nitrogen and oxygen atoms in total. The number of ether oxygens (including phenoxy) is 2. The minimum atomic E-state index is 0.206. The lowest BCUT2D eigenvalue weighted by molar-refractivity contribution is 0.325. The summed E-state index contributed by atoms with van der Waals surface area (Å²) < 4.78 is 10.4. The number of nitrogens with one attached hydrogen (secondary N) is 2. The second-order valence-corrected chi connectivity index (χ2v) is 6.01. The fourth-order valence-electron chi connectivity index (χ4n) is 2.62. The highest BCUT2D eigenvalue weighted by Crippen LogP contribution is 2.15. The topological polar surface area (TPSA) is 66.2 Å². The summed E-state index contributed by atoms with van der Waals surface area (Å²) in [5.41, 5.74) is 5.12. The minimum Gasteiger partial charge on any atom is -0.478 e. The van der Waals surface area contributed by atoms with Crippen molar-refractivity contribution in [1.82, 2.24) is 0 Å². The lowest BCUT2D eigenvalue weighted by atomic mass is 10.0. The van der Waals surface area contributed by atoms with Crippen LogP contribution in [0.2, 0.25) is 0 Å². The predicted molar refractivity (Wildman–Crippen MR) is 107 cm³/mol. The molecule has 0 amide bonds. The highest BCUT2D eigenvalue weighted by Gasteiger charge is 2.03. The smallest absolute Gasteiger partial charge is 0.213 e. The summed E-state index contributed by atoms with van der Waals surface area (Å²) in [6, 6.07) is 15.7. The van der Waals surface area contributed by atoms with Gasteiger partial charge in [-0.25, -0.2) is 0 Å².